The van der Waals surface area contributed by atoms with Crippen LogP contribution in [0.15, 0.2) is 30.3 Å². The van der Waals surface area contributed by atoms with Gasteiger partial charge >= 0.3 is 12.1 Å². The molecule has 6 heteroatoms. The highest BCUT2D eigenvalue weighted by molar-refractivity contribution is 5.96. The van der Waals surface area contributed by atoms with Gasteiger partial charge in [-0.3, -0.25) is 4.79 Å². The molecule has 2 N–H and O–H groups in total. The lowest BCUT2D eigenvalue weighted by atomic mass is 10.0. The van der Waals surface area contributed by atoms with Crippen molar-refractivity contribution in [3.8, 4) is 0 Å². The number of rotatable bonds is 9. The zero-order chi connectivity index (χ0) is 16.4. The minimum Gasteiger partial charge on any atom is -0.480 e. The Bertz CT molecular complexity index is 501. The number of ether oxygens (including phenoxy) is 1. The van der Waals surface area contributed by atoms with Gasteiger partial charge in [0.1, 0.15) is 6.04 Å². The Hall–Kier alpha value is -2.37. The molecule has 0 heterocycles. The zero-order valence-electron chi connectivity index (χ0n) is 12.6. The molecule has 120 valence electrons. The number of carbonyl (C=O) groups excluding carboxylic acids is 2. The van der Waals surface area contributed by atoms with Gasteiger partial charge in [-0.2, -0.15) is 0 Å². The first-order valence-electron chi connectivity index (χ1n) is 7.29. The molecule has 0 fully saturated rings. The molecule has 0 bridgehead atoms. The lowest BCUT2D eigenvalue weighted by Gasteiger charge is -2.14. The fourth-order valence-corrected chi connectivity index (χ4v) is 1.79. The third kappa shape index (κ3) is 6.39. The van der Waals surface area contributed by atoms with E-state index < -0.39 is 18.1 Å². The minimum atomic E-state index is -1.19. The second kappa shape index (κ2) is 9.55. The number of benzene rings is 1. The number of nitrogens with one attached hydrogen (secondary N) is 1. The first-order chi connectivity index (χ1) is 10.5. The van der Waals surface area contributed by atoms with Crippen molar-refractivity contribution in [2.45, 2.75) is 38.6 Å². The second-order valence-corrected chi connectivity index (χ2v) is 4.85. The van der Waals surface area contributed by atoms with E-state index in [2.05, 4.69) is 5.32 Å². The van der Waals surface area contributed by atoms with Crippen LogP contribution in [0.3, 0.4) is 0 Å². The van der Waals surface area contributed by atoms with Crippen LogP contribution in [0.1, 0.15) is 43.0 Å². The molecule has 1 unspecified atom stereocenters. The van der Waals surface area contributed by atoms with Crippen LogP contribution in [0.4, 0.5) is 4.79 Å². The molecule has 0 aliphatic carbocycles. The van der Waals surface area contributed by atoms with E-state index in [4.69, 9.17) is 9.84 Å². The van der Waals surface area contributed by atoms with Gasteiger partial charge in [-0.1, -0.05) is 43.7 Å². The molecule has 6 nitrogen and oxygen atoms in total. The predicted octanol–water partition coefficient (Wildman–Crippen LogP) is 2.63. The second-order valence-electron chi connectivity index (χ2n) is 4.85. The average molecular weight is 307 g/mol. The van der Waals surface area contributed by atoms with Crippen molar-refractivity contribution in [2.75, 3.05) is 6.61 Å². The largest absolute Gasteiger partial charge is 0.480 e. The van der Waals surface area contributed by atoms with E-state index >= 15 is 0 Å². The maximum Gasteiger partial charge on any atom is 0.407 e. The van der Waals surface area contributed by atoms with Crippen molar-refractivity contribution >= 4 is 17.8 Å². The number of hydrogen-bond acceptors (Lipinski definition) is 4. The molecule has 0 aliphatic rings. The number of ketones is 1. The molecule has 22 heavy (non-hydrogen) atoms. The van der Waals surface area contributed by atoms with Crippen molar-refractivity contribution in [3.05, 3.63) is 35.9 Å². The summed E-state index contributed by atoms with van der Waals surface area (Å²) in [5.41, 5.74) is 0.525. The Balaban J connectivity index is 2.46. The van der Waals surface area contributed by atoms with Crippen molar-refractivity contribution in [2.24, 2.45) is 0 Å². The van der Waals surface area contributed by atoms with Crippen LogP contribution in [-0.4, -0.2) is 35.6 Å². The van der Waals surface area contributed by atoms with Gasteiger partial charge in [0.25, 0.3) is 0 Å². The number of carboxylic acid groups (broad SMARTS) is 1. The summed E-state index contributed by atoms with van der Waals surface area (Å²) in [6.45, 7) is 2.20. The fourth-order valence-electron chi connectivity index (χ4n) is 1.79. The van der Waals surface area contributed by atoms with Gasteiger partial charge in [0.2, 0.25) is 0 Å². The normalized spacial score (nSPS) is 11.5. The molecule has 0 saturated heterocycles. The first-order valence-corrected chi connectivity index (χ1v) is 7.29. The predicted molar refractivity (Wildman–Crippen MR) is 80.8 cm³/mol. The van der Waals surface area contributed by atoms with Gasteiger partial charge in [-0.25, -0.2) is 9.59 Å². The van der Waals surface area contributed by atoms with Gasteiger partial charge in [-0.05, 0) is 12.8 Å². The Morgan fingerprint density at radius 1 is 1.23 bits per heavy atom. The monoisotopic (exact) mass is 307 g/mol. The average Bonchev–Trinajstić information content (AvgIpc) is 2.52. The topological polar surface area (TPSA) is 92.7 Å². The number of unbranched alkanes of at least 4 members (excludes halogenated alkanes) is 1. The van der Waals surface area contributed by atoms with E-state index in [1.807, 2.05) is 6.92 Å². The number of carboxylic acids is 1. The van der Waals surface area contributed by atoms with E-state index in [-0.39, 0.29) is 25.2 Å². The molecule has 0 radical (unpaired) electrons. The molecule has 0 aliphatic heterocycles. The molecule has 0 saturated carbocycles. The van der Waals surface area contributed by atoms with Crippen LogP contribution in [-0.2, 0) is 9.53 Å². The van der Waals surface area contributed by atoms with E-state index in [0.717, 1.165) is 12.8 Å². The van der Waals surface area contributed by atoms with E-state index in [9.17, 15) is 14.4 Å². The standard InChI is InChI=1S/C16H21NO5/c1-2-3-11-22-16(21)17-13(15(19)20)9-10-14(18)12-7-5-4-6-8-12/h4-8,13H,2-3,9-11H2,1H3,(H,17,21)(H,19,20). The van der Waals surface area contributed by atoms with Crippen LogP contribution in [0.5, 0.6) is 0 Å². The number of carbonyl (C=O) groups is 3. The van der Waals surface area contributed by atoms with Gasteiger partial charge in [0.05, 0.1) is 6.61 Å². The van der Waals surface area contributed by atoms with Gasteiger partial charge in [0, 0.05) is 12.0 Å². The molecule has 1 aromatic carbocycles. The van der Waals surface area contributed by atoms with Crippen LogP contribution < -0.4 is 5.32 Å². The summed E-state index contributed by atoms with van der Waals surface area (Å²) in [5, 5.41) is 11.4. The van der Waals surface area contributed by atoms with Crippen molar-refractivity contribution in [3.63, 3.8) is 0 Å². The van der Waals surface area contributed by atoms with Crippen molar-refractivity contribution in [1.29, 1.82) is 0 Å². The maximum atomic E-state index is 11.9. The Morgan fingerprint density at radius 2 is 1.91 bits per heavy atom. The highest BCUT2D eigenvalue weighted by Crippen LogP contribution is 2.07. The first kappa shape index (κ1) is 17.7. The third-order valence-corrected chi connectivity index (χ3v) is 3.08. The Labute approximate surface area is 129 Å². The summed E-state index contributed by atoms with van der Waals surface area (Å²) in [6, 6.07) is 7.48. The number of Topliss-reactive ketones (excluding diaryl/α,β-unsaturated/α-hetero) is 1. The molecule has 1 atom stereocenters. The third-order valence-electron chi connectivity index (χ3n) is 3.08. The summed E-state index contributed by atoms with van der Waals surface area (Å²) in [6.07, 6.45) is 0.883. The number of alkyl carbamates (subject to hydrolysis) is 1. The quantitative estimate of drug-likeness (QED) is 0.540. The molecular formula is C16H21NO5. The Kier molecular flexibility index (Phi) is 7.67. The van der Waals surface area contributed by atoms with Crippen LogP contribution in [0.2, 0.25) is 0 Å². The molecular weight excluding hydrogens is 286 g/mol. The van der Waals surface area contributed by atoms with E-state index in [0.29, 0.717) is 5.56 Å². The molecule has 1 amide bonds. The van der Waals surface area contributed by atoms with Gasteiger partial charge < -0.3 is 15.2 Å². The lowest BCUT2D eigenvalue weighted by molar-refractivity contribution is -0.139. The number of hydrogen-bond donors (Lipinski definition) is 2. The fraction of sp³-hybridized carbons (Fsp3) is 0.438. The van der Waals surface area contributed by atoms with Gasteiger partial charge in [0.15, 0.2) is 5.78 Å². The summed E-state index contributed by atoms with van der Waals surface area (Å²) in [5.74, 6) is -1.35. The van der Waals surface area contributed by atoms with Crippen LogP contribution in [0, 0.1) is 0 Å². The van der Waals surface area contributed by atoms with E-state index in [1.165, 1.54) is 0 Å². The molecule has 0 aromatic heterocycles. The summed E-state index contributed by atoms with van der Waals surface area (Å²) >= 11 is 0. The lowest BCUT2D eigenvalue weighted by Crippen LogP contribution is -2.41. The highest BCUT2D eigenvalue weighted by atomic mass is 16.5. The number of amides is 1. The molecule has 1 aromatic rings. The molecule has 0 spiro atoms. The summed E-state index contributed by atoms with van der Waals surface area (Å²) < 4.78 is 4.86. The minimum absolute atomic E-state index is 0.0198. The van der Waals surface area contributed by atoms with Crippen molar-refractivity contribution < 1.29 is 24.2 Å². The summed E-state index contributed by atoms with van der Waals surface area (Å²) in [4.78, 5) is 34.5. The SMILES string of the molecule is CCCCOC(=O)NC(CCC(=O)c1ccccc1)C(=O)O. The van der Waals surface area contributed by atoms with Crippen LogP contribution >= 0.6 is 0 Å². The molecule has 1 rings (SSSR count). The Morgan fingerprint density at radius 3 is 2.50 bits per heavy atom. The van der Waals surface area contributed by atoms with E-state index in [1.54, 1.807) is 30.3 Å². The van der Waals surface area contributed by atoms with Crippen LogP contribution in [0.25, 0.3) is 0 Å². The van der Waals surface area contributed by atoms with Crippen molar-refractivity contribution in [1.82, 2.24) is 5.32 Å². The number of aliphatic carboxylic acids is 1. The van der Waals surface area contributed by atoms with Gasteiger partial charge in [-0.15, -0.1) is 0 Å². The highest BCUT2D eigenvalue weighted by Gasteiger charge is 2.21. The zero-order valence-corrected chi connectivity index (χ0v) is 12.6. The maximum absolute atomic E-state index is 11.9. The smallest absolute Gasteiger partial charge is 0.407 e. The summed E-state index contributed by atoms with van der Waals surface area (Å²) in [7, 11) is 0.